The highest BCUT2D eigenvalue weighted by Crippen LogP contribution is 2.19. The number of hydrogen-bond donors (Lipinski definition) is 2. The number of nitrogens with zero attached hydrogens (tertiary/aromatic N) is 2. The van der Waals surface area contributed by atoms with E-state index in [1.165, 1.54) is 19.5 Å². The zero-order valence-electron chi connectivity index (χ0n) is 13.9. The van der Waals surface area contributed by atoms with Gasteiger partial charge in [0.1, 0.15) is 11.5 Å². The van der Waals surface area contributed by atoms with E-state index in [9.17, 15) is 9.59 Å². The van der Waals surface area contributed by atoms with Crippen LogP contribution in [0, 0.1) is 0 Å². The van der Waals surface area contributed by atoms with Crippen molar-refractivity contribution in [1.29, 1.82) is 0 Å². The van der Waals surface area contributed by atoms with Crippen LogP contribution in [0.25, 0.3) is 0 Å². The molecule has 1 amide bonds. The first-order valence-electron chi connectivity index (χ1n) is 7.62. The maximum Gasteiger partial charge on any atom is 0.339 e. The standard InChI is InChI=1S/C17H20N4O3/c1-4-11(2)20-16(22)14-9-19-15(10-18-14)21-13-8-6-5-7-12(13)17(23)24-3/h5-11H,4H2,1-3H3,(H,19,21)(H,20,22). The number of carbonyl (C=O) groups excluding carboxylic acids is 2. The van der Waals surface area contributed by atoms with Crippen molar-refractivity contribution < 1.29 is 14.3 Å². The highest BCUT2D eigenvalue weighted by molar-refractivity contribution is 5.96. The van der Waals surface area contributed by atoms with Gasteiger partial charge in [-0.15, -0.1) is 0 Å². The average Bonchev–Trinajstić information content (AvgIpc) is 2.62. The van der Waals surface area contributed by atoms with Crippen LogP contribution in [0.3, 0.4) is 0 Å². The van der Waals surface area contributed by atoms with Crippen molar-refractivity contribution >= 4 is 23.4 Å². The normalized spacial score (nSPS) is 11.5. The Hall–Kier alpha value is -2.96. The number of benzene rings is 1. The molecule has 7 nitrogen and oxygen atoms in total. The third-order valence-electron chi connectivity index (χ3n) is 3.47. The topological polar surface area (TPSA) is 93.2 Å². The number of hydrogen-bond acceptors (Lipinski definition) is 6. The molecule has 0 bridgehead atoms. The Morgan fingerprint density at radius 1 is 1.21 bits per heavy atom. The molecule has 0 aliphatic heterocycles. The summed E-state index contributed by atoms with van der Waals surface area (Å²) in [6.07, 6.45) is 3.67. The number of amides is 1. The van der Waals surface area contributed by atoms with Gasteiger partial charge in [0.05, 0.1) is 30.8 Å². The molecule has 0 saturated heterocycles. The van der Waals surface area contributed by atoms with Gasteiger partial charge < -0.3 is 15.4 Å². The SMILES string of the molecule is CCC(C)NC(=O)c1cnc(Nc2ccccc2C(=O)OC)cn1. The first-order valence-corrected chi connectivity index (χ1v) is 7.62. The highest BCUT2D eigenvalue weighted by atomic mass is 16.5. The van der Waals surface area contributed by atoms with Crippen molar-refractivity contribution in [1.82, 2.24) is 15.3 Å². The first-order chi connectivity index (χ1) is 11.5. The molecule has 0 aliphatic rings. The summed E-state index contributed by atoms with van der Waals surface area (Å²) in [5, 5.41) is 5.82. The number of ether oxygens (including phenoxy) is 1. The van der Waals surface area contributed by atoms with E-state index in [0.717, 1.165) is 6.42 Å². The van der Waals surface area contributed by atoms with Crippen LogP contribution in [0.5, 0.6) is 0 Å². The minimum Gasteiger partial charge on any atom is -0.465 e. The molecule has 0 aliphatic carbocycles. The number of carbonyl (C=O) groups is 2. The molecule has 7 heteroatoms. The lowest BCUT2D eigenvalue weighted by atomic mass is 10.2. The van der Waals surface area contributed by atoms with Gasteiger partial charge in [0, 0.05) is 6.04 Å². The fourth-order valence-corrected chi connectivity index (χ4v) is 1.93. The van der Waals surface area contributed by atoms with Gasteiger partial charge in [-0.25, -0.2) is 14.8 Å². The molecule has 1 unspecified atom stereocenters. The van der Waals surface area contributed by atoms with E-state index >= 15 is 0 Å². The predicted molar refractivity (Wildman–Crippen MR) is 90.3 cm³/mol. The molecule has 1 aromatic carbocycles. The van der Waals surface area contributed by atoms with Crippen LogP contribution < -0.4 is 10.6 Å². The van der Waals surface area contributed by atoms with Crippen LogP contribution in [-0.4, -0.2) is 35.0 Å². The minimum absolute atomic E-state index is 0.0732. The molecule has 0 radical (unpaired) electrons. The number of anilines is 2. The summed E-state index contributed by atoms with van der Waals surface area (Å²) in [5.74, 6) is -0.291. The second kappa shape index (κ2) is 8.05. The molecular formula is C17H20N4O3. The van der Waals surface area contributed by atoms with Gasteiger partial charge in [-0.3, -0.25) is 4.79 Å². The summed E-state index contributed by atoms with van der Waals surface area (Å²) >= 11 is 0. The zero-order chi connectivity index (χ0) is 17.5. The summed E-state index contributed by atoms with van der Waals surface area (Å²) in [4.78, 5) is 32.0. The Morgan fingerprint density at radius 2 is 1.96 bits per heavy atom. The quantitative estimate of drug-likeness (QED) is 0.792. The predicted octanol–water partition coefficient (Wildman–Crippen LogP) is 2.54. The number of rotatable bonds is 6. The van der Waals surface area contributed by atoms with Crippen molar-refractivity contribution in [3.8, 4) is 0 Å². The van der Waals surface area contributed by atoms with E-state index in [1.54, 1.807) is 24.3 Å². The summed E-state index contributed by atoms with van der Waals surface area (Å²) in [5.41, 5.74) is 1.18. The van der Waals surface area contributed by atoms with Crippen LogP contribution in [0.4, 0.5) is 11.5 Å². The first kappa shape index (κ1) is 17.4. The zero-order valence-corrected chi connectivity index (χ0v) is 13.9. The van der Waals surface area contributed by atoms with Gasteiger partial charge in [-0.1, -0.05) is 19.1 Å². The lowest BCUT2D eigenvalue weighted by molar-refractivity contribution is 0.0601. The van der Waals surface area contributed by atoms with Gasteiger partial charge >= 0.3 is 5.97 Å². The van der Waals surface area contributed by atoms with Crippen LogP contribution in [0.2, 0.25) is 0 Å². The largest absolute Gasteiger partial charge is 0.465 e. The molecule has 2 aromatic rings. The smallest absolute Gasteiger partial charge is 0.339 e. The molecule has 2 rings (SSSR count). The van der Waals surface area contributed by atoms with Crippen molar-refractivity contribution in [3.63, 3.8) is 0 Å². The molecule has 0 fully saturated rings. The Balaban J connectivity index is 2.13. The summed E-state index contributed by atoms with van der Waals surface area (Å²) in [6, 6.07) is 6.98. The molecule has 24 heavy (non-hydrogen) atoms. The molecule has 1 heterocycles. The number of methoxy groups -OCH3 is 1. The van der Waals surface area contributed by atoms with E-state index in [0.29, 0.717) is 17.1 Å². The second-order valence-corrected chi connectivity index (χ2v) is 5.23. The fraction of sp³-hybridized carbons (Fsp3) is 0.294. The van der Waals surface area contributed by atoms with Crippen molar-refractivity contribution in [3.05, 3.63) is 47.9 Å². The van der Waals surface area contributed by atoms with Gasteiger partial charge in [0.25, 0.3) is 5.91 Å². The number of nitrogens with one attached hydrogen (secondary N) is 2. The molecule has 0 spiro atoms. The molecular weight excluding hydrogens is 308 g/mol. The van der Waals surface area contributed by atoms with Crippen molar-refractivity contribution in [2.75, 3.05) is 12.4 Å². The van der Waals surface area contributed by atoms with E-state index < -0.39 is 5.97 Å². The van der Waals surface area contributed by atoms with E-state index in [4.69, 9.17) is 4.74 Å². The van der Waals surface area contributed by atoms with Crippen LogP contribution >= 0.6 is 0 Å². The Kier molecular flexibility index (Phi) is 5.83. The maximum absolute atomic E-state index is 12.0. The van der Waals surface area contributed by atoms with Crippen LogP contribution in [0.15, 0.2) is 36.7 Å². The Bertz CT molecular complexity index is 716. The highest BCUT2D eigenvalue weighted by Gasteiger charge is 2.13. The third-order valence-corrected chi connectivity index (χ3v) is 3.47. The number of para-hydroxylation sites is 1. The lowest BCUT2D eigenvalue weighted by Crippen LogP contribution is -2.32. The Morgan fingerprint density at radius 3 is 2.58 bits per heavy atom. The average molecular weight is 328 g/mol. The van der Waals surface area contributed by atoms with Gasteiger partial charge in [-0.2, -0.15) is 0 Å². The fourth-order valence-electron chi connectivity index (χ4n) is 1.93. The molecule has 126 valence electrons. The summed E-state index contributed by atoms with van der Waals surface area (Å²) in [7, 11) is 1.32. The lowest BCUT2D eigenvalue weighted by Gasteiger charge is -2.12. The third kappa shape index (κ3) is 4.28. The van der Waals surface area contributed by atoms with Crippen LogP contribution in [0.1, 0.15) is 41.1 Å². The van der Waals surface area contributed by atoms with E-state index in [-0.39, 0.29) is 17.6 Å². The van der Waals surface area contributed by atoms with E-state index in [2.05, 4.69) is 20.6 Å². The van der Waals surface area contributed by atoms with Crippen LogP contribution in [-0.2, 0) is 4.74 Å². The monoisotopic (exact) mass is 328 g/mol. The van der Waals surface area contributed by atoms with Gasteiger partial charge in [0.15, 0.2) is 0 Å². The summed E-state index contributed by atoms with van der Waals surface area (Å²) in [6.45, 7) is 3.91. The number of esters is 1. The molecule has 1 aromatic heterocycles. The van der Waals surface area contributed by atoms with Crippen molar-refractivity contribution in [2.45, 2.75) is 26.3 Å². The maximum atomic E-state index is 12.0. The second-order valence-electron chi connectivity index (χ2n) is 5.23. The summed E-state index contributed by atoms with van der Waals surface area (Å²) < 4.78 is 4.74. The van der Waals surface area contributed by atoms with Crippen molar-refractivity contribution in [2.24, 2.45) is 0 Å². The van der Waals surface area contributed by atoms with E-state index in [1.807, 2.05) is 13.8 Å². The Labute approximate surface area is 140 Å². The van der Waals surface area contributed by atoms with Gasteiger partial charge in [-0.05, 0) is 25.5 Å². The van der Waals surface area contributed by atoms with Gasteiger partial charge in [0.2, 0.25) is 0 Å². The molecule has 2 N–H and O–H groups in total. The minimum atomic E-state index is -0.449. The molecule has 0 saturated carbocycles. The molecule has 1 atom stereocenters. The number of aromatic nitrogens is 2.